The molecule has 2 amide bonds. The van der Waals surface area contributed by atoms with Gasteiger partial charge < -0.3 is 15.0 Å². The molecule has 7 nitrogen and oxygen atoms in total. The number of nitrogens with zero attached hydrogens (tertiary/aromatic N) is 2. The van der Waals surface area contributed by atoms with Crippen LogP contribution in [0.15, 0.2) is 30.3 Å². The number of hydrogen-bond acceptors (Lipinski definition) is 5. The predicted molar refractivity (Wildman–Crippen MR) is 115 cm³/mol. The van der Waals surface area contributed by atoms with E-state index in [9.17, 15) is 14.9 Å². The van der Waals surface area contributed by atoms with Crippen LogP contribution in [-0.2, 0) is 9.53 Å². The molecule has 4 bridgehead atoms. The summed E-state index contributed by atoms with van der Waals surface area (Å²) in [6.07, 6.45) is 7.09. The number of nitrogens with one attached hydrogen (secondary N) is 2. The predicted octanol–water partition coefficient (Wildman–Crippen LogP) is 3.43. The van der Waals surface area contributed by atoms with Crippen molar-refractivity contribution in [3.8, 4) is 6.07 Å². The minimum absolute atomic E-state index is 0.0107. The highest BCUT2D eigenvalue weighted by atomic mass is 16.6. The number of ether oxygens (including phenoxy) is 1. The van der Waals surface area contributed by atoms with Gasteiger partial charge in [0.05, 0.1) is 12.6 Å². The summed E-state index contributed by atoms with van der Waals surface area (Å²) < 4.78 is 6.09. The van der Waals surface area contributed by atoms with E-state index in [0.29, 0.717) is 18.4 Å². The molecular formula is C24H30N4O3. The molecule has 6 rings (SSSR count). The summed E-state index contributed by atoms with van der Waals surface area (Å²) in [5.74, 6) is 1.05. The minimum atomic E-state index is -0.457. The molecule has 1 heterocycles. The monoisotopic (exact) mass is 422 g/mol. The Kier molecular flexibility index (Phi) is 5.13. The second-order valence-electron chi connectivity index (χ2n) is 10.0. The van der Waals surface area contributed by atoms with Crippen LogP contribution in [0.5, 0.6) is 0 Å². The van der Waals surface area contributed by atoms with Crippen LogP contribution in [0.2, 0.25) is 0 Å². The van der Waals surface area contributed by atoms with Gasteiger partial charge in [0.25, 0.3) is 0 Å². The Balaban J connectivity index is 1.25. The van der Waals surface area contributed by atoms with Gasteiger partial charge in [0, 0.05) is 24.2 Å². The van der Waals surface area contributed by atoms with Crippen molar-refractivity contribution in [3.63, 3.8) is 0 Å². The first-order valence-electron chi connectivity index (χ1n) is 11.5. The van der Waals surface area contributed by atoms with Crippen LogP contribution >= 0.6 is 0 Å². The molecule has 1 aromatic rings. The molecule has 3 unspecified atom stereocenters. The number of carbonyl (C=O) groups excluding carboxylic acids is 2. The molecule has 1 saturated heterocycles. The van der Waals surface area contributed by atoms with Crippen molar-refractivity contribution >= 4 is 17.7 Å². The SMILES string of the molecule is N#CC1CCCN1C(=O)CNC12CC3CC(C1)CC(OC(=O)Nc1ccccc1)(C3)C2. The van der Waals surface area contributed by atoms with Gasteiger partial charge in [-0.05, 0) is 68.9 Å². The van der Waals surface area contributed by atoms with E-state index in [1.165, 1.54) is 6.42 Å². The van der Waals surface area contributed by atoms with Gasteiger partial charge >= 0.3 is 6.09 Å². The molecule has 0 spiro atoms. The highest BCUT2D eigenvalue weighted by molar-refractivity contribution is 5.84. The van der Waals surface area contributed by atoms with E-state index >= 15 is 0 Å². The number of para-hydroxylation sites is 1. The maximum Gasteiger partial charge on any atom is 0.412 e. The number of amides is 2. The van der Waals surface area contributed by atoms with Crippen LogP contribution in [0.3, 0.4) is 0 Å². The van der Waals surface area contributed by atoms with Gasteiger partial charge in [0.1, 0.15) is 11.6 Å². The topological polar surface area (TPSA) is 94.5 Å². The first-order valence-corrected chi connectivity index (χ1v) is 11.5. The third-order valence-electron chi connectivity index (χ3n) is 7.67. The van der Waals surface area contributed by atoms with Crippen LogP contribution < -0.4 is 10.6 Å². The zero-order valence-electron chi connectivity index (χ0n) is 17.8. The van der Waals surface area contributed by atoms with Crippen molar-refractivity contribution in [2.75, 3.05) is 18.4 Å². The van der Waals surface area contributed by atoms with Crippen molar-refractivity contribution in [1.82, 2.24) is 10.2 Å². The van der Waals surface area contributed by atoms with E-state index in [2.05, 4.69) is 16.7 Å². The number of likely N-dealkylation sites (tertiary alicyclic amines) is 1. The largest absolute Gasteiger partial charge is 0.443 e. The molecule has 7 heteroatoms. The number of rotatable bonds is 5. The lowest BCUT2D eigenvalue weighted by Crippen LogP contribution is -2.66. The van der Waals surface area contributed by atoms with Crippen molar-refractivity contribution in [2.24, 2.45) is 11.8 Å². The first-order chi connectivity index (χ1) is 15.0. The summed E-state index contributed by atoms with van der Waals surface area (Å²) >= 11 is 0. The Hall–Kier alpha value is -2.59. The summed E-state index contributed by atoms with van der Waals surface area (Å²) in [6, 6.07) is 11.3. The molecule has 2 N–H and O–H groups in total. The highest BCUT2D eigenvalue weighted by Crippen LogP contribution is 2.59. The van der Waals surface area contributed by atoms with Crippen LogP contribution in [0.1, 0.15) is 51.4 Å². The normalized spacial score (nSPS) is 35.6. The summed E-state index contributed by atoms with van der Waals surface area (Å²) in [4.78, 5) is 27.2. The van der Waals surface area contributed by atoms with E-state index in [0.717, 1.165) is 50.6 Å². The van der Waals surface area contributed by atoms with E-state index in [4.69, 9.17) is 4.74 Å². The average molecular weight is 423 g/mol. The fourth-order valence-electron chi connectivity index (χ4n) is 6.93. The number of hydrogen-bond donors (Lipinski definition) is 2. The van der Waals surface area contributed by atoms with Gasteiger partial charge in [-0.3, -0.25) is 10.1 Å². The van der Waals surface area contributed by atoms with Gasteiger partial charge in [-0.25, -0.2) is 4.79 Å². The lowest BCUT2D eigenvalue weighted by atomic mass is 9.51. The molecule has 0 aromatic heterocycles. The van der Waals surface area contributed by atoms with Crippen LogP contribution in [0, 0.1) is 23.2 Å². The van der Waals surface area contributed by atoms with Crippen LogP contribution in [0.4, 0.5) is 10.5 Å². The third-order valence-corrected chi connectivity index (χ3v) is 7.67. The number of nitriles is 1. The quantitative estimate of drug-likeness (QED) is 0.758. The van der Waals surface area contributed by atoms with Gasteiger partial charge in [-0.2, -0.15) is 5.26 Å². The Labute approximate surface area is 183 Å². The van der Waals surface area contributed by atoms with E-state index in [1.54, 1.807) is 4.90 Å². The molecule has 31 heavy (non-hydrogen) atoms. The van der Waals surface area contributed by atoms with Gasteiger partial charge in [0.2, 0.25) is 5.91 Å². The van der Waals surface area contributed by atoms with Crippen molar-refractivity contribution in [1.29, 1.82) is 5.26 Å². The summed E-state index contributed by atoms with van der Waals surface area (Å²) in [5, 5.41) is 15.7. The van der Waals surface area contributed by atoms with E-state index < -0.39 is 11.7 Å². The Morgan fingerprint density at radius 3 is 2.61 bits per heavy atom. The molecule has 5 fully saturated rings. The molecule has 1 aliphatic heterocycles. The second kappa shape index (κ2) is 7.83. The Morgan fingerprint density at radius 2 is 1.90 bits per heavy atom. The number of carbonyl (C=O) groups is 2. The smallest absolute Gasteiger partial charge is 0.412 e. The maximum absolute atomic E-state index is 12.8. The van der Waals surface area contributed by atoms with Crippen molar-refractivity contribution < 1.29 is 14.3 Å². The fourth-order valence-corrected chi connectivity index (χ4v) is 6.93. The standard InChI is InChI=1S/C24H30N4O3/c25-14-20-7-4-8-28(20)21(29)15-26-23-10-17-9-18(11-23)13-24(12-17,16-23)31-22(30)27-19-5-2-1-3-6-19/h1-3,5-6,17-18,20,26H,4,7-13,15-16H2,(H,27,30). The molecular weight excluding hydrogens is 392 g/mol. The van der Waals surface area contributed by atoms with Gasteiger partial charge in [-0.15, -0.1) is 0 Å². The molecule has 1 aromatic carbocycles. The summed E-state index contributed by atoms with van der Waals surface area (Å²) in [5.41, 5.74) is 0.115. The first kappa shape index (κ1) is 20.3. The van der Waals surface area contributed by atoms with E-state index in [-0.39, 0.29) is 24.0 Å². The number of anilines is 1. The van der Waals surface area contributed by atoms with Crippen LogP contribution in [0.25, 0.3) is 0 Å². The Morgan fingerprint density at radius 1 is 1.16 bits per heavy atom. The lowest BCUT2D eigenvalue weighted by molar-refractivity contribution is -0.146. The lowest BCUT2D eigenvalue weighted by Gasteiger charge is -2.61. The maximum atomic E-state index is 12.8. The van der Waals surface area contributed by atoms with Crippen molar-refractivity contribution in [2.45, 2.75) is 68.5 Å². The third kappa shape index (κ3) is 4.01. The van der Waals surface area contributed by atoms with Gasteiger partial charge in [0.15, 0.2) is 0 Å². The highest BCUT2D eigenvalue weighted by Gasteiger charge is 2.59. The van der Waals surface area contributed by atoms with Crippen LogP contribution in [-0.4, -0.2) is 47.2 Å². The fraction of sp³-hybridized carbons (Fsp3) is 0.625. The summed E-state index contributed by atoms with van der Waals surface area (Å²) in [7, 11) is 0. The second-order valence-corrected chi connectivity index (χ2v) is 10.0. The minimum Gasteiger partial charge on any atom is -0.443 e. The Bertz CT molecular complexity index is 882. The molecule has 0 radical (unpaired) electrons. The summed E-state index contributed by atoms with van der Waals surface area (Å²) in [6.45, 7) is 0.924. The molecule has 5 aliphatic rings. The molecule has 4 aliphatic carbocycles. The number of benzene rings is 1. The van der Waals surface area contributed by atoms with Gasteiger partial charge in [-0.1, -0.05) is 18.2 Å². The molecule has 164 valence electrons. The average Bonchev–Trinajstić information content (AvgIpc) is 3.20. The molecule has 3 atom stereocenters. The zero-order chi connectivity index (χ0) is 21.5. The van der Waals surface area contributed by atoms with E-state index in [1.807, 2.05) is 30.3 Å². The zero-order valence-corrected chi connectivity index (χ0v) is 17.8. The molecule has 4 saturated carbocycles. The van der Waals surface area contributed by atoms with Crippen molar-refractivity contribution in [3.05, 3.63) is 30.3 Å².